The zero-order valence-electron chi connectivity index (χ0n) is 17.5. The summed E-state index contributed by atoms with van der Waals surface area (Å²) in [6.07, 6.45) is 3.73. The molecule has 0 fully saturated rings. The number of hydrogen-bond donors (Lipinski definition) is 1. The Labute approximate surface area is 170 Å². The quantitative estimate of drug-likeness (QED) is 0.569. The van der Waals surface area contributed by atoms with Crippen LogP contribution in [-0.2, 0) is 24.4 Å². The third-order valence-corrected chi connectivity index (χ3v) is 5.26. The Kier molecular flexibility index (Phi) is 6.87. The van der Waals surface area contributed by atoms with Gasteiger partial charge in [0.2, 0.25) is 5.91 Å². The predicted octanol–water partition coefficient (Wildman–Crippen LogP) is 2.39. The number of aromatic nitrogens is 4. The van der Waals surface area contributed by atoms with Crippen molar-refractivity contribution in [1.82, 2.24) is 23.8 Å². The highest BCUT2D eigenvalue weighted by Gasteiger charge is 2.13. The second-order valence-corrected chi connectivity index (χ2v) is 6.98. The van der Waals surface area contributed by atoms with Crippen molar-refractivity contribution in [2.45, 2.75) is 46.8 Å². The van der Waals surface area contributed by atoms with Crippen LogP contribution >= 0.6 is 0 Å². The minimum absolute atomic E-state index is 0.0780. The molecule has 2 aromatic heterocycles. The molecule has 0 bridgehead atoms. The monoisotopic (exact) mass is 398 g/mol. The molecule has 8 nitrogen and oxygen atoms in total. The number of nitrogens with zero attached hydrogens (tertiary/aromatic N) is 5. The van der Waals surface area contributed by atoms with E-state index < -0.39 is 0 Å². The number of fused-ring (bicyclic) bond motifs is 1. The topological polar surface area (TPSA) is 77.1 Å². The standard InChI is InChI=1S/C21H30N6O2/c1-4-24(5-2)13-14-25-16-17(15-22-25)23-20(28)11-12-27-19-10-8-7-9-18(19)26(6-3)21(27)29/h7-10,15-16H,4-6,11-14H2,1-3H3,(H,23,28). The van der Waals surface area contributed by atoms with Gasteiger partial charge in [-0.2, -0.15) is 5.10 Å². The van der Waals surface area contributed by atoms with Crippen molar-refractivity contribution in [3.05, 3.63) is 47.1 Å². The Morgan fingerprint density at radius 1 is 1.07 bits per heavy atom. The van der Waals surface area contributed by atoms with Gasteiger partial charge in [0.05, 0.1) is 29.5 Å². The molecule has 1 N–H and O–H groups in total. The third-order valence-electron chi connectivity index (χ3n) is 5.26. The van der Waals surface area contributed by atoms with Crippen LogP contribution in [0.3, 0.4) is 0 Å². The first-order valence-corrected chi connectivity index (χ1v) is 10.3. The van der Waals surface area contributed by atoms with Crippen LogP contribution in [0.2, 0.25) is 0 Å². The molecule has 0 aliphatic rings. The number of carbonyl (C=O) groups is 1. The van der Waals surface area contributed by atoms with E-state index in [4.69, 9.17) is 0 Å². The molecular formula is C21H30N6O2. The zero-order valence-corrected chi connectivity index (χ0v) is 17.5. The number of aryl methyl sites for hydroxylation is 2. The Bertz CT molecular complexity index is 1010. The summed E-state index contributed by atoms with van der Waals surface area (Å²) >= 11 is 0. The molecular weight excluding hydrogens is 368 g/mol. The molecule has 29 heavy (non-hydrogen) atoms. The van der Waals surface area contributed by atoms with E-state index in [0.717, 1.165) is 37.2 Å². The SMILES string of the molecule is CCN(CC)CCn1cc(NC(=O)CCn2c(=O)n(CC)c3ccccc32)cn1. The van der Waals surface area contributed by atoms with Gasteiger partial charge in [0.15, 0.2) is 0 Å². The van der Waals surface area contributed by atoms with Crippen LogP contribution in [0.4, 0.5) is 5.69 Å². The first kappa shape index (κ1) is 20.9. The molecule has 1 aromatic carbocycles. The molecule has 0 aliphatic heterocycles. The van der Waals surface area contributed by atoms with Crippen LogP contribution in [-0.4, -0.2) is 49.4 Å². The number of benzene rings is 1. The molecule has 0 atom stereocenters. The van der Waals surface area contributed by atoms with Crippen LogP contribution in [0.25, 0.3) is 11.0 Å². The molecule has 156 valence electrons. The number of para-hydroxylation sites is 2. The van der Waals surface area contributed by atoms with Gasteiger partial charge >= 0.3 is 5.69 Å². The maximum absolute atomic E-state index is 12.6. The van der Waals surface area contributed by atoms with E-state index in [1.807, 2.05) is 42.1 Å². The van der Waals surface area contributed by atoms with E-state index in [0.29, 0.717) is 18.8 Å². The zero-order chi connectivity index (χ0) is 20.8. The average molecular weight is 399 g/mol. The van der Waals surface area contributed by atoms with Crippen molar-refractivity contribution in [1.29, 1.82) is 0 Å². The Balaban J connectivity index is 1.59. The fraction of sp³-hybridized carbons (Fsp3) is 0.476. The number of imidazole rings is 1. The molecule has 1 amide bonds. The molecule has 0 spiro atoms. The summed E-state index contributed by atoms with van der Waals surface area (Å²) in [7, 11) is 0. The van der Waals surface area contributed by atoms with E-state index in [2.05, 4.69) is 29.2 Å². The number of rotatable bonds is 10. The van der Waals surface area contributed by atoms with Crippen LogP contribution < -0.4 is 11.0 Å². The van der Waals surface area contributed by atoms with E-state index in [1.54, 1.807) is 15.3 Å². The second kappa shape index (κ2) is 9.56. The number of likely N-dealkylation sites (N-methyl/N-ethyl adjacent to an activating group) is 1. The highest BCUT2D eigenvalue weighted by Crippen LogP contribution is 2.13. The lowest BCUT2D eigenvalue weighted by molar-refractivity contribution is -0.116. The molecule has 3 aromatic rings. The number of carbonyl (C=O) groups excluding carboxylic acids is 1. The van der Waals surface area contributed by atoms with Crippen molar-refractivity contribution in [2.75, 3.05) is 25.0 Å². The Morgan fingerprint density at radius 3 is 2.41 bits per heavy atom. The van der Waals surface area contributed by atoms with Gasteiger partial charge in [0.1, 0.15) is 0 Å². The fourth-order valence-electron chi connectivity index (χ4n) is 3.57. The van der Waals surface area contributed by atoms with Crippen molar-refractivity contribution >= 4 is 22.6 Å². The average Bonchev–Trinajstić information content (AvgIpc) is 3.28. The Morgan fingerprint density at radius 2 is 1.76 bits per heavy atom. The van der Waals surface area contributed by atoms with Crippen LogP contribution in [0, 0.1) is 0 Å². The molecule has 2 heterocycles. The maximum Gasteiger partial charge on any atom is 0.329 e. The van der Waals surface area contributed by atoms with Crippen LogP contribution in [0.5, 0.6) is 0 Å². The minimum atomic E-state index is -0.131. The molecule has 0 radical (unpaired) electrons. The summed E-state index contributed by atoms with van der Waals surface area (Å²) in [5.74, 6) is -0.131. The van der Waals surface area contributed by atoms with Crippen LogP contribution in [0.1, 0.15) is 27.2 Å². The van der Waals surface area contributed by atoms with Gasteiger partial charge in [-0.3, -0.25) is 18.6 Å². The van der Waals surface area contributed by atoms with Gasteiger partial charge in [-0.05, 0) is 32.1 Å². The smallest absolute Gasteiger partial charge is 0.323 e. The molecule has 0 unspecified atom stereocenters. The maximum atomic E-state index is 12.6. The molecule has 8 heteroatoms. The highest BCUT2D eigenvalue weighted by molar-refractivity contribution is 5.90. The molecule has 0 saturated carbocycles. The summed E-state index contributed by atoms with van der Waals surface area (Å²) in [6, 6.07) is 7.68. The summed E-state index contributed by atoms with van der Waals surface area (Å²) < 4.78 is 5.24. The molecule has 0 aliphatic carbocycles. The van der Waals surface area contributed by atoms with Crippen molar-refractivity contribution in [2.24, 2.45) is 0 Å². The van der Waals surface area contributed by atoms with Gasteiger partial charge in [-0.25, -0.2) is 4.79 Å². The highest BCUT2D eigenvalue weighted by atomic mass is 16.2. The normalized spacial score (nSPS) is 11.4. The first-order chi connectivity index (χ1) is 14.1. The lowest BCUT2D eigenvalue weighted by atomic mass is 10.3. The lowest BCUT2D eigenvalue weighted by Crippen LogP contribution is -2.27. The number of nitrogens with one attached hydrogen (secondary N) is 1. The predicted molar refractivity (Wildman–Crippen MR) is 115 cm³/mol. The molecule has 3 rings (SSSR count). The number of amides is 1. The molecule has 0 saturated heterocycles. The third kappa shape index (κ3) is 4.76. The number of anilines is 1. The number of hydrogen-bond acceptors (Lipinski definition) is 4. The van der Waals surface area contributed by atoms with Crippen molar-refractivity contribution in [3.63, 3.8) is 0 Å². The second-order valence-electron chi connectivity index (χ2n) is 6.98. The van der Waals surface area contributed by atoms with Crippen molar-refractivity contribution in [3.8, 4) is 0 Å². The fourth-order valence-corrected chi connectivity index (χ4v) is 3.57. The summed E-state index contributed by atoms with van der Waals surface area (Å²) in [6.45, 7) is 10.9. The van der Waals surface area contributed by atoms with Crippen molar-refractivity contribution < 1.29 is 4.79 Å². The van der Waals surface area contributed by atoms with Gasteiger partial charge in [-0.1, -0.05) is 26.0 Å². The van der Waals surface area contributed by atoms with E-state index in [-0.39, 0.29) is 18.0 Å². The van der Waals surface area contributed by atoms with Gasteiger partial charge in [-0.15, -0.1) is 0 Å². The van der Waals surface area contributed by atoms with Gasteiger partial charge in [0.25, 0.3) is 0 Å². The van der Waals surface area contributed by atoms with E-state index in [1.165, 1.54) is 0 Å². The van der Waals surface area contributed by atoms with Gasteiger partial charge < -0.3 is 10.2 Å². The minimum Gasteiger partial charge on any atom is -0.323 e. The summed E-state index contributed by atoms with van der Waals surface area (Å²) in [5, 5.41) is 7.19. The first-order valence-electron chi connectivity index (χ1n) is 10.3. The van der Waals surface area contributed by atoms with E-state index in [9.17, 15) is 9.59 Å². The van der Waals surface area contributed by atoms with E-state index >= 15 is 0 Å². The Hall–Kier alpha value is -2.87. The summed E-state index contributed by atoms with van der Waals surface area (Å²) in [4.78, 5) is 27.4. The largest absolute Gasteiger partial charge is 0.329 e. The summed E-state index contributed by atoms with van der Waals surface area (Å²) in [5.41, 5.74) is 2.36. The lowest BCUT2D eigenvalue weighted by Gasteiger charge is -2.17. The van der Waals surface area contributed by atoms with Gasteiger partial charge in [0, 0.05) is 32.3 Å². The van der Waals surface area contributed by atoms with Crippen LogP contribution in [0.15, 0.2) is 41.5 Å².